The molecule has 0 unspecified atom stereocenters. The zero-order valence-electron chi connectivity index (χ0n) is 44.3. The van der Waals surface area contributed by atoms with E-state index in [1.807, 2.05) is 100 Å². The third-order valence-corrected chi connectivity index (χ3v) is 16.6. The summed E-state index contributed by atoms with van der Waals surface area (Å²) in [7, 11) is 3.18. The number of alkyl halides is 6. The zero-order chi connectivity index (χ0) is 53.8. The molecule has 14 heteroatoms. The van der Waals surface area contributed by atoms with Crippen LogP contribution in [0, 0.1) is 27.7 Å². The first-order valence-corrected chi connectivity index (χ1v) is 26.5. The lowest BCUT2D eigenvalue weighted by atomic mass is 9.69. The molecule has 2 aliphatic carbocycles. The molecule has 0 saturated heterocycles. The van der Waals surface area contributed by atoms with Crippen molar-refractivity contribution in [1.82, 2.24) is 0 Å². The van der Waals surface area contributed by atoms with Gasteiger partial charge in [0, 0.05) is 56.0 Å². The van der Waals surface area contributed by atoms with Crippen LogP contribution in [-0.4, -0.2) is 84.8 Å². The third kappa shape index (κ3) is 9.76. The zero-order valence-corrected chi connectivity index (χ0v) is 45.9. The van der Waals surface area contributed by atoms with Crippen molar-refractivity contribution in [2.45, 2.75) is 103 Å². The molecule has 2 aliphatic rings. The van der Waals surface area contributed by atoms with E-state index >= 15 is 26.3 Å². The van der Waals surface area contributed by atoms with Crippen molar-refractivity contribution in [2.24, 2.45) is 0 Å². The molecule has 0 fully saturated rings. The molecule has 0 saturated carbocycles. The van der Waals surface area contributed by atoms with Gasteiger partial charge in [0.2, 0.25) is 0 Å². The normalized spacial score (nSPS) is 16.5. The van der Waals surface area contributed by atoms with Gasteiger partial charge >= 0.3 is 17.8 Å². The fourth-order valence-electron chi connectivity index (χ4n) is 10.2. The molecule has 396 valence electrons. The number of aryl methyl sites for hydroxylation is 4. The smallest absolute Gasteiger partial charge is 0.380 e. The van der Waals surface area contributed by atoms with Crippen LogP contribution in [-0.2, 0) is 35.2 Å². The number of fused-ring (bicyclic) bond motifs is 4. The molecule has 2 aromatic heterocycles. The van der Waals surface area contributed by atoms with Gasteiger partial charge in [-0.05, 0) is 131 Å². The summed E-state index contributed by atoms with van der Waals surface area (Å²) in [4.78, 5) is 1.31. The monoisotopic (exact) mass is 1060 g/mol. The summed E-state index contributed by atoms with van der Waals surface area (Å²) in [6.07, 6.45) is 0. The summed E-state index contributed by atoms with van der Waals surface area (Å²) in [6.45, 7) is 22.7. The van der Waals surface area contributed by atoms with E-state index in [1.165, 1.54) is 12.1 Å². The van der Waals surface area contributed by atoms with Gasteiger partial charge < -0.3 is 28.4 Å². The minimum atomic E-state index is -5.77. The Bertz CT molecular complexity index is 2780. The van der Waals surface area contributed by atoms with Crippen LogP contribution in [0.5, 0.6) is 11.5 Å². The van der Waals surface area contributed by atoms with E-state index in [2.05, 4.69) is 41.5 Å². The molecule has 0 radical (unpaired) electrons. The highest BCUT2D eigenvalue weighted by atomic mass is 32.1. The number of methoxy groups -OCH3 is 2. The molecule has 6 aromatic rings. The first kappa shape index (κ1) is 55.3. The Morgan fingerprint density at radius 1 is 0.446 bits per heavy atom. The molecular formula is C60H66F6O6S2. The summed E-state index contributed by atoms with van der Waals surface area (Å²) in [6, 6.07) is 25.9. The Morgan fingerprint density at radius 2 is 0.770 bits per heavy atom. The summed E-state index contributed by atoms with van der Waals surface area (Å²) in [5, 5.41) is 0. The van der Waals surface area contributed by atoms with Crippen molar-refractivity contribution in [2.75, 3.05) is 67.1 Å². The lowest BCUT2D eigenvalue weighted by molar-refractivity contribution is -0.254. The van der Waals surface area contributed by atoms with E-state index in [9.17, 15) is 0 Å². The van der Waals surface area contributed by atoms with E-state index in [1.54, 1.807) is 14.2 Å². The molecule has 74 heavy (non-hydrogen) atoms. The van der Waals surface area contributed by atoms with Gasteiger partial charge in [-0.15, -0.1) is 22.7 Å². The molecule has 4 aromatic carbocycles. The highest BCUT2D eigenvalue weighted by Gasteiger charge is 2.81. The molecule has 0 aliphatic heterocycles. The van der Waals surface area contributed by atoms with Crippen molar-refractivity contribution >= 4 is 33.8 Å². The van der Waals surface area contributed by atoms with E-state index in [0.29, 0.717) is 83.1 Å². The van der Waals surface area contributed by atoms with Gasteiger partial charge in [-0.25, -0.2) is 0 Å². The molecule has 0 N–H and O–H groups in total. The van der Waals surface area contributed by atoms with Gasteiger partial charge in [0.25, 0.3) is 0 Å². The van der Waals surface area contributed by atoms with Crippen LogP contribution >= 0.6 is 22.7 Å². The quantitative estimate of drug-likeness (QED) is 0.0631. The van der Waals surface area contributed by atoms with Crippen molar-refractivity contribution < 1.29 is 54.8 Å². The number of allylic oxidation sites excluding steroid dienone is 2. The summed E-state index contributed by atoms with van der Waals surface area (Å²) in [5.41, 5.74) is 1.63. The Balaban J connectivity index is 1.43. The summed E-state index contributed by atoms with van der Waals surface area (Å²) in [5.74, 6) is -15.2. The van der Waals surface area contributed by atoms with Gasteiger partial charge in [0.1, 0.15) is 24.7 Å². The fraction of sp³-hybridized carbons (Fsp3) is 0.433. The molecule has 2 heterocycles. The Labute approximate surface area is 439 Å². The number of rotatable bonds is 18. The second kappa shape index (κ2) is 20.9. The van der Waals surface area contributed by atoms with Crippen LogP contribution in [0.4, 0.5) is 26.3 Å². The van der Waals surface area contributed by atoms with Gasteiger partial charge in [-0.2, -0.15) is 26.3 Å². The predicted molar refractivity (Wildman–Crippen MR) is 286 cm³/mol. The maximum absolute atomic E-state index is 17.3. The van der Waals surface area contributed by atoms with Crippen LogP contribution in [0.25, 0.3) is 32.0 Å². The van der Waals surface area contributed by atoms with Crippen LogP contribution in [0.15, 0.2) is 84.9 Å². The number of halogens is 6. The molecular weight excluding hydrogens is 995 g/mol. The molecule has 6 nitrogen and oxygen atoms in total. The van der Waals surface area contributed by atoms with Crippen molar-refractivity contribution in [3.8, 4) is 32.4 Å². The van der Waals surface area contributed by atoms with E-state index in [0.717, 1.165) is 56.1 Å². The topological polar surface area (TPSA) is 55.4 Å². The van der Waals surface area contributed by atoms with E-state index in [-0.39, 0.29) is 44.9 Å². The second-order valence-corrected chi connectivity index (χ2v) is 23.5. The average Bonchev–Trinajstić information content (AvgIpc) is 3.98. The van der Waals surface area contributed by atoms with Gasteiger partial charge in [0.15, 0.2) is 0 Å². The highest BCUT2D eigenvalue weighted by molar-refractivity contribution is 7.18. The lowest BCUT2D eigenvalue weighted by Gasteiger charge is -2.37. The predicted octanol–water partition coefficient (Wildman–Crippen LogP) is 15.6. The first-order valence-electron chi connectivity index (χ1n) is 24.8. The number of thiophene rings is 2. The highest BCUT2D eigenvalue weighted by Crippen LogP contribution is 2.70. The molecule has 0 atom stereocenters. The lowest BCUT2D eigenvalue weighted by Crippen LogP contribution is -2.49. The fourth-order valence-corrected chi connectivity index (χ4v) is 13.0. The Hall–Kier alpha value is -4.96. The first-order chi connectivity index (χ1) is 34.8. The van der Waals surface area contributed by atoms with Crippen molar-refractivity contribution in [3.05, 3.63) is 150 Å². The third-order valence-electron chi connectivity index (χ3n) is 14.0. The van der Waals surface area contributed by atoms with Crippen LogP contribution in [0.3, 0.4) is 0 Å². The van der Waals surface area contributed by atoms with Crippen molar-refractivity contribution in [1.29, 1.82) is 0 Å². The second-order valence-electron chi connectivity index (χ2n) is 21.4. The molecule has 0 spiro atoms. The maximum atomic E-state index is 17.3. The SMILES string of the molecule is COCCOCCOc1c(C)cc(-c2cc3c(s2)C(c2ccc(C(C)(C)C)cc2)(c2ccc(C(C)(C)C)cc2)c2sc(-c4cc(C)c(OCCOCCOC)c(C)c4)cc2C2=C3C(F)(F)C(F)(F)C2(F)F)cc1C. The Kier molecular flexibility index (Phi) is 15.6. The number of ether oxygens (including phenoxy) is 6. The van der Waals surface area contributed by atoms with Crippen LogP contribution in [0.1, 0.15) is 107 Å². The van der Waals surface area contributed by atoms with Crippen LogP contribution < -0.4 is 9.47 Å². The van der Waals surface area contributed by atoms with Crippen LogP contribution in [0.2, 0.25) is 0 Å². The van der Waals surface area contributed by atoms with Crippen molar-refractivity contribution in [3.63, 3.8) is 0 Å². The van der Waals surface area contributed by atoms with E-state index in [4.69, 9.17) is 28.4 Å². The Morgan fingerprint density at radius 3 is 1.08 bits per heavy atom. The van der Waals surface area contributed by atoms with Gasteiger partial charge in [-0.1, -0.05) is 90.1 Å². The largest absolute Gasteiger partial charge is 0.491 e. The standard InChI is InChI=1S/C60H66F6O6S2/c1-35-29-39(30-36(2)51(35)71-27-25-69-23-21-67-11)47-33-45-49-50(59(63,64)60(65,66)58(49,61)62)46-34-48(40-31-37(3)52(38(4)32-40)72-28-26-70-24-22-68-12)74-54(46)57(53(45)73-47,43-17-13-41(14-18-43)55(5,6)7)44-19-15-42(16-20-44)56(8,9)10/h13-20,29-34H,21-28H2,1-12H3. The van der Waals surface area contributed by atoms with E-state index < -0.39 is 34.3 Å². The minimum absolute atomic E-state index is 0.222. The maximum Gasteiger partial charge on any atom is 0.380 e. The minimum Gasteiger partial charge on any atom is -0.491 e. The number of hydrogen-bond acceptors (Lipinski definition) is 8. The summed E-state index contributed by atoms with van der Waals surface area (Å²) < 4.78 is 136. The number of hydrogen-bond donors (Lipinski definition) is 0. The van der Waals surface area contributed by atoms with Gasteiger partial charge in [-0.3, -0.25) is 0 Å². The summed E-state index contributed by atoms with van der Waals surface area (Å²) >= 11 is 2.30. The molecule has 8 rings (SSSR count). The molecule has 0 bridgehead atoms. The molecule has 0 amide bonds. The average molecular weight is 1060 g/mol. The van der Waals surface area contributed by atoms with Gasteiger partial charge in [0.05, 0.1) is 45.1 Å². The number of benzene rings is 4.